The molecule has 1 heteroatoms. The fourth-order valence-corrected chi connectivity index (χ4v) is 0.385. The Bertz CT molecular complexity index is 76.7. The van der Waals surface area contributed by atoms with E-state index in [0.717, 1.165) is 7.11 Å². The van der Waals surface area contributed by atoms with Gasteiger partial charge >= 0.3 is 0 Å². The normalized spacial score (nSPS) is 6.00. The Morgan fingerprint density at radius 1 is 0.600 bits per heavy atom. The highest BCUT2D eigenvalue weighted by molar-refractivity contribution is 4.99. The van der Waals surface area contributed by atoms with E-state index in [4.69, 9.17) is 5.11 Å². The number of aliphatic hydroxyl groups excluding tert-OH is 1. The van der Waals surface area contributed by atoms with Crippen LogP contribution in [0.25, 0.3) is 0 Å². The van der Waals surface area contributed by atoms with Gasteiger partial charge in [-0.2, -0.15) is 0 Å². The summed E-state index contributed by atoms with van der Waals surface area (Å²) in [6, 6.07) is 12.0. The van der Waals surface area contributed by atoms with E-state index in [1.165, 1.54) is 0 Å². The topological polar surface area (TPSA) is 20.2 Å². The van der Waals surface area contributed by atoms with E-state index < -0.39 is 0 Å². The molecule has 0 atom stereocenters. The van der Waals surface area contributed by atoms with Crippen LogP contribution in [0.2, 0.25) is 0 Å². The highest BCUT2D eigenvalue weighted by atomic mass is 16.2. The van der Waals surface area contributed by atoms with Crippen molar-refractivity contribution < 1.29 is 5.11 Å². The second-order valence-corrected chi connectivity index (χ2v) is 1.15. The number of hydrogen-bond acceptors (Lipinski definition) is 1. The summed E-state index contributed by atoms with van der Waals surface area (Å²) in [6.45, 7) is 4.00. The van der Waals surface area contributed by atoms with Crippen LogP contribution in [0.4, 0.5) is 0 Å². The van der Waals surface area contributed by atoms with Gasteiger partial charge in [0.1, 0.15) is 0 Å². The van der Waals surface area contributed by atoms with Crippen molar-refractivity contribution in [2.75, 3.05) is 7.11 Å². The van der Waals surface area contributed by atoms with E-state index in [2.05, 4.69) is 0 Å². The van der Waals surface area contributed by atoms with Gasteiger partial charge in [0.25, 0.3) is 0 Å². The predicted molar refractivity (Wildman–Crippen MR) is 45.9 cm³/mol. The lowest BCUT2D eigenvalue weighted by Crippen LogP contribution is -1.47. The maximum atomic E-state index is 7.00. The van der Waals surface area contributed by atoms with Crippen molar-refractivity contribution in [2.45, 2.75) is 13.8 Å². The minimum Gasteiger partial charge on any atom is -0.400 e. The van der Waals surface area contributed by atoms with Crippen molar-refractivity contribution in [3.05, 3.63) is 36.4 Å². The lowest BCUT2D eigenvalue weighted by Gasteiger charge is -1.69. The Balaban J connectivity index is 0. The molecular formula is C9H16O. The molecule has 58 valence electrons. The minimum absolute atomic E-state index is 1.00. The fourth-order valence-electron chi connectivity index (χ4n) is 0.385. The Hall–Kier alpha value is -0.820. The molecule has 1 rings (SSSR count). The predicted octanol–water partition coefficient (Wildman–Crippen LogP) is 2.32. The monoisotopic (exact) mass is 140 g/mol. The van der Waals surface area contributed by atoms with Crippen LogP contribution >= 0.6 is 0 Å². The smallest absolute Gasteiger partial charge is 0.0319 e. The van der Waals surface area contributed by atoms with Crippen LogP contribution in [0.3, 0.4) is 0 Å². The van der Waals surface area contributed by atoms with Crippen LogP contribution in [0.15, 0.2) is 36.4 Å². The number of benzene rings is 1. The number of aliphatic hydroxyl groups is 1. The van der Waals surface area contributed by atoms with Gasteiger partial charge in [-0.25, -0.2) is 0 Å². The molecule has 1 N–H and O–H groups in total. The molecule has 0 spiro atoms. The lowest BCUT2D eigenvalue weighted by atomic mass is 10.4. The van der Waals surface area contributed by atoms with E-state index >= 15 is 0 Å². The first-order valence-corrected chi connectivity index (χ1v) is 3.45. The zero-order valence-corrected chi connectivity index (χ0v) is 6.91. The molecule has 0 fully saturated rings. The number of hydrogen-bond donors (Lipinski definition) is 1. The quantitative estimate of drug-likeness (QED) is 0.586. The molecule has 0 bridgehead atoms. The highest BCUT2D eigenvalue weighted by Gasteiger charge is 1.57. The molecular weight excluding hydrogens is 124 g/mol. The first-order chi connectivity index (χ1) is 5.00. The van der Waals surface area contributed by atoms with Gasteiger partial charge in [0.2, 0.25) is 0 Å². The molecule has 0 saturated heterocycles. The summed E-state index contributed by atoms with van der Waals surface area (Å²) < 4.78 is 0. The van der Waals surface area contributed by atoms with Gasteiger partial charge in [-0.05, 0) is 0 Å². The molecule has 0 aromatic heterocycles. The van der Waals surface area contributed by atoms with Crippen molar-refractivity contribution in [1.82, 2.24) is 0 Å². The molecule has 0 saturated carbocycles. The molecule has 0 unspecified atom stereocenters. The van der Waals surface area contributed by atoms with Crippen molar-refractivity contribution in [3.63, 3.8) is 0 Å². The summed E-state index contributed by atoms with van der Waals surface area (Å²) in [5, 5.41) is 7.00. The van der Waals surface area contributed by atoms with Crippen LogP contribution in [0, 0.1) is 0 Å². The first-order valence-electron chi connectivity index (χ1n) is 3.45. The molecule has 0 aliphatic heterocycles. The fraction of sp³-hybridized carbons (Fsp3) is 0.333. The maximum Gasteiger partial charge on any atom is 0.0319 e. The summed E-state index contributed by atoms with van der Waals surface area (Å²) in [5.74, 6) is 0. The maximum absolute atomic E-state index is 7.00. The average Bonchev–Trinajstić information content (AvgIpc) is 2.14. The van der Waals surface area contributed by atoms with Crippen LogP contribution in [0.5, 0.6) is 0 Å². The van der Waals surface area contributed by atoms with Crippen LogP contribution < -0.4 is 0 Å². The van der Waals surface area contributed by atoms with E-state index in [1.807, 2.05) is 50.2 Å². The summed E-state index contributed by atoms with van der Waals surface area (Å²) in [7, 11) is 1.00. The second kappa shape index (κ2) is 15.7. The third kappa shape index (κ3) is 10.2. The van der Waals surface area contributed by atoms with Crippen LogP contribution in [-0.4, -0.2) is 12.2 Å². The van der Waals surface area contributed by atoms with E-state index in [9.17, 15) is 0 Å². The van der Waals surface area contributed by atoms with Crippen molar-refractivity contribution in [2.24, 2.45) is 0 Å². The molecule has 10 heavy (non-hydrogen) atoms. The first kappa shape index (κ1) is 11.9. The van der Waals surface area contributed by atoms with E-state index in [0.29, 0.717) is 0 Å². The van der Waals surface area contributed by atoms with Crippen molar-refractivity contribution in [3.8, 4) is 0 Å². The van der Waals surface area contributed by atoms with E-state index in [1.54, 1.807) is 0 Å². The largest absolute Gasteiger partial charge is 0.400 e. The third-order valence-corrected chi connectivity index (χ3v) is 0.667. The summed E-state index contributed by atoms with van der Waals surface area (Å²) in [5.41, 5.74) is 0. The zero-order valence-electron chi connectivity index (χ0n) is 6.91. The lowest BCUT2D eigenvalue weighted by molar-refractivity contribution is 0.399. The van der Waals surface area contributed by atoms with Gasteiger partial charge in [0.05, 0.1) is 0 Å². The molecule has 0 aliphatic rings. The van der Waals surface area contributed by atoms with Crippen molar-refractivity contribution >= 4 is 0 Å². The summed E-state index contributed by atoms with van der Waals surface area (Å²) in [6.07, 6.45) is 0. The van der Waals surface area contributed by atoms with Gasteiger partial charge in [-0.1, -0.05) is 50.2 Å². The zero-order chi connectivity index (χ0) is 8.24. The average molecular weight is 140 g/mol. The Morgan fingerprint density at radius 3 is 0.800 bits per heavy atom. The second-order valence-electron chi connectivity index (χ2n) is 1.15. The minimum atomic E-state index is 1.00. The molecule has 1 aromatic rings. The van der Waals surface area contributed by atoms with Gasteiger partial charge in [-0.3, -0.25) is 0 Å². The molecule has 0 heterocycles. The number of rotatable bonds is 0. The van der Waals surface area contributed by atoms with Gasteiger partial charge < -0.3 is 5.11 Å². The molecule has 1 nitrogen and oxygen atoms in total. The molecule has 0 radical (unpaired) electrons. The van der Waals surface area contributed by atoms with E-state index in [-0.39, 0.29) is 0 Å². The highest BCUT2D eigenvalue weighted by Crippen LogP contribution is 1.79. The van der Waals surface area contributed by atoms with Crippen LogP contribution in [0.1, 0.15) is 13.8 Å². The Labute approximate surface area is 63.3 Å². The SMILES string of the molecule is CC.CO.c1ccccc1. The molecule has 1 aromatic carbocycles. The third-order valence-electron chi connectivity index (χ3n) is 0.667. The summed E-state index contributed by atoms with van der Waals surface area (Å²) >= 11 is 0. The molecule has 0 aliphatic carbocycles. The Kier molecular flexibility index (Phi) is 18.7. The van der Waals surface area contributed by atoms with Crippen LogP contribution in [-0.2, 0) is 0 Å². The molecule has 0 amide bonds. The standard InChI is InChI=1S/C6H6.C2H6.CH4O/c1-2-4-6-5-3-1;2*1-2/h1-6H;1-2H3;2H,1H3. The van der Waals surface area contributed by atoms with Crippen molar-refractivity contribution in [1.29, 1.82) is 0 Å². The van der Waals surface area contributed by atoms with Gasteiger partial charge in [-0.15, -0.1) is 0 Å². The van der Waals surface area contributed by atoms with Gasteiger partial charge in [0.15, 0.2) is 0 Å². The Morgan fingerprint density at radius 2 is 0.700 bits per heavy atom. The summed E-state index contributed by atoms with van der Waals surface area (Å²) in [4.78, 5) is 0. The van der Waals surface area contributed by atoms with Gasteiger partial charge in [0, 0.05) is 7.11 Å².